The molecule has 0 saturated heterocycles. The average Bonchev–Trinajstić information content (AvgIpc) is 3.12. The molecular weight excluding hydrogens is 469 g/mol. The number of nitrogens with zero attached hydrogens (tertiary/aromatic N) is 7. The SMILES string of the molecule is Cc1nccc(C(C)Nc2cc(N(C)Cc3c(C)nn(-c4ccccc4)c3C)nc(C(F)(F)F)n2)n1. The Morgan fingerprint density at radius 2 is 1.75 bits per heavy atom. The van der Waals surface area contributed by atoms with E-state index in [2.05, 4.69) is 30.4 Å². The number of aryl methyl sites for hydroxylation is 2. The van der Waals surface area contributed by atoms with Gasteiger partial charge in [-0.3, -0.25) is 0 Å². The van der Waals surface area contributed by atoms with Crippen LogP contribution in [0.4, 0.5) is 24.8 Å². The second kappa shape index (κ2) is 9.92. The number of halogens is 3. The van der Waals surface area contributed by atoms with Crippen LogP contribution < -0.4 is 10.2 Å². The molecule has 3 aromatic heterocycles. The van der Waals surface area contributed by atoms with Crippen molar-refractivity contribution in [1.82, 2.24) is 29.7 Å². The number of para-hydroxylation sites is 1. The molecular formula is C25H27F3N8. The van der Waals surface area contributed by atoms with E-state index < -0.39 is 18.0 Å². The normalized spacial score (nSPS) is 12.4. The highest BCUT2D eigenvalue weighted by Crippen LogP contribution is 2.31. The van der Waals surface area contributed by atoms with Gasteiger partial charge < -0.3 is 10.2 Å². The summed E-state index contributed by atoms with van der Waals surface area (Å²) in [6, 6.07) is 12.5. The van der Waals surface area contributed by atoms with Crippen LogP contribution in [0.5, 0.6) is 0 Å². The summed E-state index contributed by atoms with van der Waals surface area (Å²) in [6.07, 6.45) is -3.09. The monoisotopic (exact) mass is 496 g/mol. The number of rotatable bonds is 7. The average molecular weight is 497 g/mol. The van der Waals surface area contributed by atoms with Gasteiger partial charge in [0.15, 0.2) is 0 Å². The maximum absolute atomic E-state index is 13.7. The number of hydrogen-bond acceptors (Lipinski definition) is 7. The molecule has 4 aromatic rings. The lowest BCUT2D eigenvalue weighted by Gasteiger charge is -2.22. The van der Waals surface area contributed by atoms with Crippen molar-refractivity contribution in [1.29, 1.82) is 0 Å². The van der Waals surface area contributed by atoms with Crippen molar-refractivity contribution in [3.8, 4) is 5.69 Å². The Bertz CT molecular complexity index is 1350. The molecule has 0 spiro atoms. The van der Waals surface area contributed by atoms with E-state index in [1.54, 1.807) is 38.1 Å². The second-order valence-electron chi connectivity index (χ2n) is 8.58. The van der Waals surface area contributed by atoms with Gasteiger partial charge in [-0.2, -0.15) is 18.3 Å². The largest absolute Gasteiger partial charge is 0.451 e. The van der Waals surface area contributed by atoms with Crippen molar-refractivity contribution in [2.75, 3.05) is 17.3 Å². The van der Waals surface area contributed by atoms with Crippen molar-refractivity contribution in [3.05, 3.63) is 83.0 Å². The fraction of sp³-hybridized carbons (Fsp3) is 0.320. The van der Waals surface area contributed by atoms with Crippen molar-refractivity contribution in [2.45, 2.75) is 46.5 Å². The number of aromatic nitrogens is 6. The third-order valence-electron chi connectivity index (χ3n) is 5.80. The van der Waals surface area contributed by atoms with Crippen molar-refractivity contribution >= 4 is 11.6 Å². The predicted molar refractivity (Wildman–Crippen MR) is 131 cm³/mol. The number of hydrogen-bond donors (Lipinski definition) is 1. The summed E-state index contributed by atoms with van der Waals surface area (Å²) in [5.41, 5.74) is 4.16. The van der Waals surface area contributed by atoms with E-state index in [1.165, 1.54) is 6.07 Å². The molecule has 0 fully saturated rings. The molecule has 1 atom stereocenters. The quantitative estimate of drug-likeness (QED) is 0.376. The van der Waals surface area contributed by atoms with Crippen LogP contribution in [0.25, 0.3) is 5.69 Å². The molecule has 8 nitrogen and oxygen atoms in total. The predicted octanol–water partition coefficient (Wildman–Crippen LogP) is 5.21. The maximum Gasteiger partial charge on any atom is 0.451 e. The topological polar surface area (TPSA) is 84.7 Å². The molecule has 0 bridgehead atoms. The molecule has 0 radical (unpaired) electrons. The summed E-state index contributed by atoms with van der Waals surface area (Å²) < 4.78 is 42.8. The third-order valence-corrected chi connectivity index (χ3v) is 5.80. The van der Waals surface area contributed by atoms with Gasteiger partial charge in [-0.25, -0.2) is 24.6 Å². The lowest BCUT2D eigenvalue weighted by Crippen LogP contribution is -2.22. The summed E-state index contributed by atoms with van der Waals surface area (Å²) in [4.78, 5) is 17.6. The summed E-state index contributed by atoms with van der Waals surface area (Å²) in [5.74, 6) is -0.454. The minimum absolute atomic E-state index is 0.0522. The first-order chi connectivity index (χ1) is 17.0. The minimum Gasteiger partial charge on any atom is -0.362 e. The van der Waals surface area contributed by atoms with Crippen LogP contribution in [0, 0.1) is 20.8 Å². The van der Waals surface area contributed by atoms with Gasteiger partial charge in [0, 0.05) is 37.1 Å². The minimum atomic E-state index is -4.70. The lowest BCUT2D eigenvalue weighted by molar-refractivity contribution is -0.144. The lowest BCUT2D eigenvalue weighted by atomic mass is 10.2. The molecule has 1 aromatic carbocycles. The fourth-order valence-corrected chi connectivity index (χ4v) is 3.88. The molecule has 36 heavy (non-hydrogen) atoms. The van der Waals surface area contributed by atoms with E-state index >= 15 is 0 Å². The molecule has 3 heterocycles. The summed E-state index contributed by atoms with van der Waals surface area (Å²) in [7, 11) is 1.70. The highest BCUT2D eigenvalue weighted by molar-refractivity contribution is 5.51. The summed E-state index contributed by atoms with van der Waals surface area (Å²) in [6.45, 7) is 7.69. The molecule has 1 N–H and O–H groups in total. The van der Waals surface area contributed by atoms with Gasteiger partial charge in [0.25, 0.3) is 0 Å². The molecule has 0 aliphatic carbocycles. The van der Waals surface area contributed by atoms with Crippen molar-refractivity contribution < 1.29 is 13.2 Å². The van der Waals surface area contributed by atoms with Crippen molar-refractivity contribution in [2.24, 2.45) is 0 Å². The standard InChI is InChI=1S/C25H27F3N8/c1-15-20(17(3)36(34-15)19-9-7-6-8-10-19)14-35(5)23-13-22(32-24(33-23)25(26,27)28)30-16(2)21-11-12-29-18(4)31-21/h6-13,16H,14H2,1-5H3,(H,30,32,33). The van der Waals surface area contributed by atoms with Crippen LogP contribution in [0.1, 0.15) is 47.3 Å². The molecule has 4 rings (SSSR count). The number of nitrogens with one attached hydrogen (secondary N) is 1. The number of anilines is 2. The third kappa shape index (κ3) is 5.45. The maximum atomic E-state index is 13.7. The van der Waals surface area contributed by atoms with E-state index in [0.717, 1.165) is 22.6 Å². The van der Waals surface area contributed by atoms with Crippen molar-refractivity contribution in [3.63, 3.8) is 0 Å². The first-order valence-corrected chi connectivity index (χ1v) is 11.4. The summed E-state index contributed by atoms with van der Waals surface area (Å²) in [5, 5.41) is 7.66. The highest BCUT2D eigenvalue weighted by Gasteiger charge is 2.36. The van der Waals surface area contributed by atoms with Gasteiger partial charge in [0.05, 0.1) is 23.1 Å². The Morgan fingerprint density at radius 1 is 1.03 bits per heavy atom. The van der Waals surface area contributed by atoms with Crippen LogP contribution >= 0.6 is 0 Å². The van der Waals surface area contributed by atoms with Gasteiger partial charge in [-0.05, 0) is 45.9 Å². The first kappa shape index (κ1) is 25.1. The smallest absolute Gasteiger partial charge is 0.362 e. The molecule has 0 saturated carbocycles. The zero-order valence-corrected chi connectivity index (χ0v) is 20.7. The first-order valence-electron chi connectivity index (χ1n) is 11.4. The summed E-state index contributed by atoms with van der Waals surface area (Å²) >= 11 is 0. The van der Waals surface area contributed by atoms with Gasteiger partial charge in [0.1, 0.15) is 17.5 Å². The Balaban J connectivity index is 1.64. The Hall–Kier alpha value is -4.02. The van der Waals surface area contributed by atoms with Crippen LogP contribution in [-0.2, 0) is 12.7 Å². The molecule has 1 unspecified atom stereocenters. The van der Waals surface area contributed by atoms with E-state index in [1.807, 2.05) is 48.9 Å². The van der Waals surface area contributed by atoms with E-state index in [9.17, 15) is 13.2 Å². The molecule has 11 heteroatoms. The van der Waals surface area contributed by atoms with E-state index in [0.29, 0.717) is 18.1 Å². The zero-order chi connectivity index (χ0) is 26.0. The van der Waals surface area contributed by atoms with Gasteiger partial charge in [0.2, 0.25) is 5.82 Å². The Morgan fingerprint density at radius 3 is 2.42 bits per heavy atom. The number of benzene rings is 1. The van der Waals surface area contributed by atoms with E-state index in [-0.39, 0.29) is 11.6 Å². The zero-order valence-electron chi connectivity index (χ0n) is 20.7. The van der Waals surface area contributed by atoms with Gasteiger partial charge in [-0.15, -0.1) is 0 Å². The fourth-order valence-electron chi connectivity index (χ4n) is 3.88. The van der Waals surface area contributed by atoms with E-state index in [4.69, 9.17) is 0 Å². The molecule has 0 aliphatic rings. The Labute approximate surface area is 207 Å². The van der Waals surface area contributed by atoms with Crippen LogP contribution in [-0.4, -0.2) is 36.8 Å². The highest BCUT2D eigenvalue weighted by atomic mass is 19.4. The van der Waals surface area contributed by atoms with Crippen LogP contribution in [0.2, 0.25) is 0 Å². The Kier molecular flexibility index (Phi) is 6.91. The molecule has 188 valence electrons. The van der Waals surface area contributed by atoms with Gasteiger partial charge in [-0.1, -0.05) is 18.2 Å². The van der Waals surface area contributed by atoms with Crippen LogP contribution in [0.3, 0.4) is 0 Å². The molecule has 0 aliphatic heterocycles. The number of alkyl halides is 3. The molecule has 0 amide bonds. The van der Waals surface area contributed by atoms with Gasteiger partial charge >= 0.3 is 6.18 Å². The van der Waals surface area contributed by atoms with Crippen LogP contribution in [0.15, 0.2) is 48.7 Å². The second-order valence-corrected chi connectivity index (χ2v) is 8.58.